The first-order chi connectivity index (χ1) is 10.1. The van der Waals surface area contributed by atoms with Crippen molar-refractivity contribution >= 4 is 20.2 Å². The second-order valence-electron chi connectivity index (χ2n) is 5.94. The Labute approximate surface area is 131 Å². The van der Waals surface area contributed by atoms with E-state index in [2.05, 4.69) is 0 Å². The van der Waals surface area contributed by atoms with Gasteiger partial charge in [-0.1, -0.05) is 24.3 Å². The molecule has 2 rings (SSSR count). The Kier molecular flexibility index (Phi) is 4.88. The van der Waals surface area contributed by atoms with Crippen LogP contribution in [0.5, 0.6) is 0 Å². The molecule has 22 heavy (non-hydrogen) atoms. The van der Waals surface area contributed by atoms with Crippen molar-refractivity contribution in [3.8, 4) is 0 Å². The van der Waals surface area contributed by atoms with E-state index in [1.54, 1.807) is 20.8 Å². The summed E-state index contributed by atoms with van der Waals surface area (Å²) in [5, 5.41) is 10.2. The third kappa shape index (κ3) is 3.45. The molecule has 1 aromatic carbocycles. The SMILES string of the molecule is COP(=O)(Cc1ccc(B2OC(C)(C)C(C)(O)O2)cc1)OC. The molecule has 1 unspecified atom stereocenters. The summed E-state index contributed by atoms with van der Waals surface area (Å²) < 4.78 is 33.3. The topological polar surface area (TPSA) is 74.2 Å². The summed E-state index contributed by atoms with van der Waals surface area (Å²) in [4.78, 5) is 0. The molecule has 0 aliphatic carbocycles. The minimum Gasteiger partial charge on any atom is -0.397 e. The fourth-order valence-electron chi connectivity index (χ4n) is 2.09. The van der Waals surface area contributed by atoms with Crippen molar-refractivity contribution in [1.82, 2.24) is 0 Å². The molecule has 1 N–H and O–H groups in total. The van der Waals surface area contributed by atoms with Crippen molar-refractivity contribution in [2.75, 3.05) is 14.2 Å². The summed E-state index contributed by atoms with van der Waals surface area (Å²) in [5.74, 6) is -1.36. The number of hydrogen-bond acceptors (Lipinski definition) is 6. The predicted molar refractivity (Wildman–Crippen MR) is 84.0 cm³/mol. The van der Waals surface area contributed by atoms with E-state index in [0.717, 1.165) is 11.0 Å². The van der Waals surface area contributed by atoms with Crippen LogP contribution in [0.25, 0.3) is 0 Å². The first-order valence-corrected chi connectivity index (χ1v) is 8.73. The zero-order valence-corrected chi connectivity index (χ0v) is 14.4. The van der Waals surface area contributed by atoms with Gasteiger partial charge >= 0.3 is 14.7 Å². The fourth-order valence-corrected chi connectivity index (χ4v) is 3.16. The standard InChI is InChI=1S/C14H22BO6P/c1-13(2)14(3,16)21-15(20-13)12-8-6-11(7-9-12)10-22(17,18-4)19-5/h6-9,16H,10H2,1-5H3. The number of aliphatic hydroxyl groups is 1. The van der Waals surface area contributed by atoms with Crippen LogP contribution in [0.1, 0.15) is 26.3 Å². The van der Waals surface area contributed by atoms with Crippen LogP contribution in [-0.2, 0) is 29.1 Å². The van der Waals surface area contributed by atoms with Crippen LogP contribution in [0.3, 0.4) is 0 Å². The fraction of sp³-hybridized carbons (Fsp3) is 0.571. The van der Waals surface area contributed by atoms with Gasteiger partial charge in [0.05, 0.1) is 6.16 Å². The van der Waals surface area contributed by atoms with Crippen molar-refractivity contribution in [1.29, 1.82) is 0 Å². The highest BCUT2D eigenvalue weighted by molar-refractivity contribution is 7.52. The average Bonchev–Trinajstić information content (AvgIpc) is 2.68. The lowest BCUT2D eigenvalue weighted by atomic mass is 9.79. The first kappa shape index (κ1) is 17.7. The van der Waals surface area contributed by atoms with Crippen molar-refractivity contribution in [2.24, 2.45) is 0 Å². The molecule has 1 aliphatic heterocycles. The van der Waals surface area contributed by atoms with Crippen molar-refractivity contribution in [3.63, 3.8) is 0 Å². The third-order valence-corrected chi connectivity index (χ3v) is 5.90. The van der Waals surface area contributed by atoms with Crippen molar-refractivity contribution in [3.05, 3.63) is 29.8 Å². The molecule has 1 atom stereocenters. The lowest BCUT2D eigenvalue weighted by molar-refractivity contribution is -0.176. The van der Waals surface area contributed by atoms with E-state index in [-0.39, 0.29) is 6.16 Å². The maximum atomic E-state index is 12.1. The van der Waals surface area contributed by atoms with E-state index in [0.29, 0.717) is 0 Å². The molecule has 0 bridgehead atoms. The van der Waals surface area contributed by atoms with E-state index in [1.165, 1.54) is 14.2 Å². The van der Waals surface area contributed by atoms with E-state index in [4.69, 9.17) is 18.4 Å². The second kappa shape index (κ2) is 6.08. The van der Waals surface area contributed by atoms with Crippen LogP contribution in [0.4, 0.5) is 0 Å². The van der Waals surface area contributed by atoms with Gasteiger partial charge in [0.1, 0.15) is 5.60 Å². The molecular weight excluding hydrogens is 306 g/mol. The van der Waals surface area contributed by atoms with E-state index < -0.39 is 26.1 Å². The summed E-state index contributed by atoms with van der Waals surface area (Å²) in [5.41, 5.74) is 0.789. The molecule has 0 saturated carbocycles. The first-order valence-electron chi connectivity index (χ1n) is 7.00. The minimum absolute atomic E-state index is 0.190. The average molecular weight is 328 g/mol. The third-order valence-electron chi connectivity index (χ3n) is 4.04. The van der Waals surface area contributed by atoms with Gasteiger partial charge < -0.3 is 23.5 Å². The van der Waals surface area contributed by atoms with Gasteiger partial charge in [-0.15, -0.1) is 0 Å². The van der Waals surface area contributed by atoms with Crippen LogP contribution in [-0.4, -0.2) is 37.8 Å². The summed E-state index contributed by atoms with van der Waals surface area (Å²) in [6.07, 6.45) is 0.190. The van der Waals surface area contributed by atoms with Gasteiger partial charge in [0.25, 0.3) is 0 Å². The predicted octanol–water partition coefficient (Wildman–Crippen LogP) is 1.90. The zero-order chi connectivity index (χ0) is 16.6. The molecule has 1 aliphatic rings. The molecule has 1 saturated heterocycles. The molecule has 0 spiro atoms. The van der Waals surface area contributed by atoms with Crippen LogP contribution < -0.4 is 5.46 Å². The second-order valence-corrected chi connectivity index (χ2v) is 8.20. The van der Waals surface area contributed by atoms with Gasteiger partial charge in [-0.3, -0.25) is 4.57 Å². The van der Waals surface area contributed by atoms with Crippen LogP contribution in [0, 0.1) is 0 Å². The summed E-state index contributed by atoms with van der Waals surface area (Å²) in [7, 11) is -1.00. The lowest BCUT2D eigenvalue weighted by Gasteiger charge is -2.30. The molecule has 122 valence electrons. The molecule has 0 aromatic heterocycles. The highest BCUT2D eigenvalue weighted by Gasteiger charge is 2.53. The number of rotatable bonds is 5. The quantitative estimate of drug-likeness (QED) is 0.657. The highest BCUT2D eigenvalue weighted by Crippen LogP contribution is 2.49. The maximum Gasteiger partial charge on any atom is 0.496 e. The van der Waals surface area contributed by atoms with Crippen molar-refractivity contribution < 1.29 is 28.0 Å². The Hall–Kier alpha value is -0.685. The highest BCUT2D eigenvalue weighted by atomic mass is 31.2. The molecular formula is C14H22BO6P. The van der Waals surface area contributed by atoms with Gasteiger partial charge in [0.15, 0.2) is 5.79 Å². The van der Waals surface area contributed by atoms with Crippen LogP contribution >= 0.6 is 7.60 Å². The Morgan fingerprint density at radius 1 is 1.14 bits per heavy atom. The minimum atomic E-state index is -3.09. The van der Waals surface area contributed by atoms with Gasteiger partial charge in [-0.05, 0) is 31.8 Å². The largest absolute Gasteiger partial charge is 0.496 e. The molecule has 0 radical (unpaired) electrons. The normalized spacial score (nSPS) is 24.7. The monoisotopic (exact) mass is 328 g/mol. The Morgan fingerprint density at radius 2 is 1.68 bits per heavy atom. The lowest BCUT2D eigenvalue weighted by Crippen LogP contribution is -2.44. The molecule has 8 heteroatoms. The van der Waals surface area contributed by atoms with Gasteiger partial charge in [0.2, 0.25) is 0 Å². The Balaban J connectivity index is 2.12. The zero-order valence-electron chi connectivity index (χ0n) is 13.5. The molecule has 1 heterocycles. The smallest absolute Gasteiger partial charge is 0.397 e. The number of benzene rings is 1. The van der Waals surface area contributed by atoms with Gasteiger partial charge in [-0.2, -0.15) is 0 Å². The van der Waals surface area contributed by atoms with Crippen LogP contribution in [0.2, 0.25) is 0 Å². The van der Waals surface area contributed by atoms with Gasteiger partial charge in [0, 0.05) is 14.2 Å². The molecule has 6 nitrogen and oxygen atoms in total. The van der Waals surface area contributed by atoms with Crippen LogP contribution in [0.15, 0.2) is 24.3 Å². The molecule has 1 aromatic rings. The molecule has 1 fully saturated rings. The van der Waals surface area contributed by atoms with E-state index in [1.807, 2.05) is 24.3 Å². The number of hydrogen-bond donors (Lipinski definition) is 1. The summed E-state index contributed by atoms with van der Waals surface area (Å²) >= 11 is 0. The molecule has 0 amide bonds. The maximum absolute atomic E-state index is 12.1. The van der Waals surface area contributed by atoms with Crippen molar-refractivity contribution in [2.45, 2.75) is 38.3 Å². The Morgan fingerprint density at radius 3 is 2.09 bits per heavy atom. The van der Waals surface area contributed by atoms with E-state index in [9.17, 15) is 9.67 Å². The van der Waals surface area contributed by atoms with Gasteiger partial charge in [-0.25, -0.2) is 0 Å². The summed E-state index contributed by atoms with van der Waals surface area (Å²) in [6.45, 7) is 5.12. The Bertz CT molecular complexity index is 547. The van der Waals surface area contributed by atoms with E-state index >= 15 is 0 Å². The summed E-state index contributed by atoms with van der Waals surface area (Å²) in [6, 6.07) is 7.25.